The number of carbonyl (C=O) groups excluding carboxylic acids is 1. The highest BCUT2D eigenvalue weighted by Gasteiger charge is 2.14. The van der Waals surface area contributed by atoms with E-state index in [-0.39, 0.29) is 5.91 Å². The fourth-order valence-electron chi connectivity index (χ4n) is 2.61. The van der Waals surface area contributed by atoms with Crippen LogP contribution in [-0.4, -0.2) is 27.2 Å². The van der Waals surface area contributed by atoms with Crippen molar-refractivity contribution in [2.75, 3.05) is 6.54 Å². The molecule has 0 aromatic carbocycles. The predicted molar refractivity (Wildman–Crippen MR) is 75.4 cm³/mol. The molecule has 1 N–H and O–H groups in total. The molecule has 3 rings (SSSR count). The van der Waals surface area contributed by atoms with Gasteiger partial charge in [-0.15, -0.1) is 0 Å². The molecule has 2 aromatic heterocycles. The lowest BCUT2D eigenvalue weighted by Crippen LogP contribution is -2.28. The van der Waals surface area contributed by atoms with E-state index in [2.05, 4.69) is 15.4 Å². The van der Waals surface area contributed by atoms with Crippen LogP contribution in [0.1, 0.15) is 34.6 Å². The summed E-state index contributed by atoms with van der Waals surface area (Å²) in [7, 11) is 0. The summed E-state index contributed by atoms with van der Waals surface area (Å²) < 4.78 is 2.02. The number of pyridine rings is 1. The summed E-state index contributed by atoms with van der Waals surface area (Å²) in [6, 6.07) is 5.32. The first-order valence-corrected chi connectivity index (χ1v) is 7.07. The molecule has 0 radical (unpaired) electrons. The Balaban J connectivity index is 1.55. The Bertz CT molecular complexity index is 591. The molecule has 5 heteroatoms. The maximum Gasteiger partial charge on any atom is 0.269 e. The molecule has 104 valence electrons. The van der Waals surface area contributed by atoms with Crippen molar-refractivity contribution >= 4 is 5.91 Å². The largest absolute Gasteiger partial charge is 0.349 e. The highest BCUT2D eigenvalue weighted by atomic mass is 16.1. The van der Waals surface area contributed by atoms with Crippen molar-refractivity contribution < 1.29 is 4.79 Å². The minimum absolute atomic E-state index is 0.133. The first kappa shape index (κ1) is 12.8. The van der Waals surface area contributed by atoms with E-state index in [1.807, 2.05) is 16.9 Å². The third-order valence-corrected chi connectivity index (χ3v) is 3.65. The van der Waals surface area contributed by atoms with E-state index in [1.165, 1.54) is 24.1 Å². The summed E-state index contributed by atoms with van der Waals surface area (Å²) in [6.07, 6.45) is 8.32. The molecule has 2 aromatic rings. The molecule has 2 heterocycles. The number of hydrogen-bond acceptors (Lipinski definition) is 3. The third-order valence-electron chi connectivity index (χ3n) is 3.65. The van der Waals surface area contributed by atoms with Gasteiger partial charge in [0.2, 0.25) is 0 Å². The van der Waals surface area contributed by atoms with Crippen molar-refractivity contribution in [3.05, 3.63) is 47.5 Å². The summed E-state index contributed by atoms with van der Waals surface area (Å²) in [4.78, 5) is 15.9. The van der Waals surface area contributed by atoms with Gasteiger partial charge in [-0.3, -0.25) is 14.5 Å². The molecular weight excluding hydrogens is 252 g/mol. The zero-order chi connectivity index (χ0) is 13.8. The second-order valence-electron chi connectivity index (χ2n) is 5.02. The van der Waals surface area contributed by atoms with Crippen molar-refractivity contribution in [1.29, 1.82) is 0 Å². The van der Waals surface area contributed by atoms with E-state index >= 15 is 0 Å². The number of carbonyl (C=O) groups is 1. The van der Waals surface area contributed by atoms with Gasteiger partial charge >= 0.3 is 0 Å². The van der Waals surface area contributed by atoms with Gasteiger partial charge < -0.3 is 5.32 Å². The Kier molecular flexibility index (Phi) is 3.76. The number of amides is 1. The number of hydrogen-bond donors (Lipinski definition) is 1. The number of nitrogens with zero attached hydrogens (tertiary/aromatic N) is 3. The van der Waals surface area contributed by atoms with Crippen molar-refractivity contribution in [3.8, 4) is 0 Å². The Morgan fingerprint density at radius 3 is 3.05 bits per heavy atom. The van der Waals surface area contributed by atoms with Gasteiger partial charge in [-0.25, -0.2) is 0 Å². The molecule has 0 bridgehead atoms. The van der Waals surface area contributed by atoms with Crippen molar-refractivity contribution in [2.24, 2.45) is 0 Å². The highest BCUT2D eigenvalue weighted by Crippen LogP contribution is 2.20. The second-order valence-corrected chi connectivity index (χ2v) is 5.02. The van der Waals surface area contributed by atoms with Gasteiger partial charge in [0.05, 0.1) is 12.7 Å². The SMILES string of the molecule is O=C(NCCn1ncc2c1CCCC2)c1ccccn1. The molecule has 1 aliphatic rings. The number of aryl methyl sites for hydroxylation is 1. The first-order chi connectivity index (χ1) is 9.84. The van der Waals surface area contributed by atoms with E-state index in [4.69, 9.17) is 0 Å². The van der Waals surface area contributed by atoms with Gasteiger partial charge in [0.25, 0.3) is 5.91 Å². The normalized spacial score (nSPS) is 13.8. The molecular formula is C15H18N4O. The summed E-state index contributed by atoms with van der Waals surface area (Å²) in [5, 5.41) is 7.30. The molecule has 0 saturated heterocycles. The van der Waals surface area contributed by atoms with E-state index in [0.717, 1.165) is 12.8 Å². The van der Waals surface area contributed by atoms with Crippen LogP contribution in [0.15, 0.2) is 30.6 Å². The van der Waals surface area contributed by atoms with E-state index in [0.29, 0.717) is 18.8 Å². The molecule has 20 heavy (non-hydrogen) atoms. The molecule has 0 aliphatic heterocycles. The molecule has 0 spiro atoms. The quantitative estimate of drug-likeness (QED) is 0.917. The van der Waals surface area contributed by atoms with Crippen LogP contribution in [0.4, 0.5) is 0 Å². The third kappa shape index (κ3) is 2.71. The van der Waals surface area contributed by atoms with Crippen LogP contribution in [-0.2, 0) is 19.4 Å². The molecule has 1 aliphatic carbocycles. The van der Waals surface area contributed by atoms with E-state index in [1.54, 1.807) is 18.3 Å². The lowest BCUT2D eigenvalue weighted by atomic mass is 9.98. The topological polar surface area (TPSA) is 59.8 Å². The smallest absolute Gasteiger partial charge is 0.269 e. The van der Waals surface area contributed by atoms with E-state index in [9.17, 15) is 4.79 Å². The van der Waals surface area contributed by atoms with Crippen LogP contribution in [0, 0.1) is 0 Å². The fourth-order valence-corrected chi connectivity index (χ4v) is 2.61. The summed E-state index contributed by atoms with van der Waals surface area (Å²) in [5.41, 5.74) is 3.16. The molecule has 0 saturated carbocycles. The molecule has 0 fully saturated rings. The van der Waals surface area contributed by atoms with Gasteiger partial charge in [-0.1, -0.05) is 6.07 Å². The Labute approximate surface area is 118 Å². The van der Waals surface area contributed by atoms with Crippen molar-refractivity contribution in [1.82, 2.24) is 20.1 Å². The molecule has 5 nitrogen and oxygen atoms in total. The molecule has 0 unspecified atom stereocenters. The van der Waals surface area contributed by atoms with Gasteiger partial charge in [0, 0.05) is 18.4 Å². The lowest BCUT2D eigenvalue weighted by molar-refractivity contribution is 0.0947. The summed E-state index contributed by atoms with van der Waals surface area (Å²) >= 11 is 0. The maximum atomic E-state index is 11.9. The van der Waals surface area contributed by atoms with Crippen LogP contribution in [0.3, 0.4) is 0 Å². The Morgan fingerprint density at radius 1 is 1.30 bits per heavy atom. The zero-order valence-electron chi connectivity index (χ0n) is 11.4. The van der Waals surface area contributed by atoms with Crippen molar-refractivity contribution in [2.45, 2.75) is 32.2 Å². The molecule has 0 atom stereocenters. The van der Waals surface area contributed by atoms with Crippen LogP contribution in [0.2, 0.25) is 0 Å². The van der Waals surface area contributed by atoms with Crippen LogP contribution in [0.5, 0.6) is 0 Å². The first-order valence-electron chi connectivity index (χ1n) is 7.07. The summed E-state index contributed by atoms with van der Waals surface area (Å²) in [6.45, 7) is 1.29. The van der Waals surface area contributed by atoms with Crippen molar-refractivity contribution in [3.63, 3.8) is 0 Å². The highest BCUT2D eigenvalue weighted by molar-refractivity contribution is 5.92. The maximum absolute atomic E-state index is 11.9. The Hall–Kier alpha value is -2.17. The minimum atomic E-state index is -0.133. The second kappa shape index (κ2) is 5.86. The predicted octanol–water partition coefficient (Wildman–Crippen LogP) is 1.59. The number of fused-ring (bicyclic) bond motifs is 1. The Morgan fingerprint density at radius 2 is 2.20 bits per heavy atom. The number of nitrogens with one attached hydrogen (secondary N) is 1. The average molecular weight is 270 g/mol. The molecule has 1 amide bonds. The lowest BCUT2D eigenvalue weighted by Gasteiger charge is -2.14. The average Bonchev–Trinajstić information content (AvgIpc) is 2.92. The van der Waals surface area contributed by atoms with Gasteiger partial charge in [-0.2, -0.15) is 5.10 Å². The van der Waals surface area contributed by atoms with Gasteiger partial charge in [0.1, 0.15) is 5.69 Å². The summed E-state index contributed by atoms with van der Waals surface area (Å²) in [5.74, 6) is -0.133. The standard InChI is InChI=1S/C15H18N4O/c20-15(13-6-3-4-8-16-13)17-9-10-19-14-7-2-1-5-12(14)11-18-19/h3-4,6,8,11H,1-2,5,7,9-10H2,(H,17,20). The zero-order valence-corrected chi connectivity index (χ0v) is 11.4. The van der Waals surface area contributed by atoms with Crippen LogP contribution >= 0.6 is 0 Å². The fraction of sp³-hybridized carbons (Fsp3) is 0.400. The van der Waals surface area contributed by atoms with Crippen LogP contribution in [0.25, 0.3) is 0 Å². The van der Waals surface area contributed by atoms with Crippen LogP contribution < -0.4 is 5.32 Å². The van der Waals surface area contributed by atoms with Gasteiger partial charge in [-0.05, 0) is 43.4 Å². The van der Waals surface area contributed by atoms with Gasteiger partial charge in [0.15, 0.2) is 0 Å². The monoisotopic (exact) mass is 270 g/mol. The number of rotatable bonds is 4. The minimum Gasteiger partial charge on any atom is -0.349 e. The van der Waals surface area contributed by atoms with E-state index < -0.39 is 0 Å². The number of aromatic nitrogens is 3.